The summed E-state index contributed by atoms with van der Waals surface area (Å²) in [5.74, 6) is -15.7. The maximum atomic E-state index is 17.0. The summed E-state index contributed by atoms with van der Waals surface area (Å²) < 4.78 is 250. The lowest BCUT2D eigenvalue weighted by atomic mass is 9.72. The molecule has 10 rings (SSSR count). The number of benzene rings is 1. The first-order valence-corrected chi connectivity index (χ1v) is 23.5. The normalized spacial score (nSPS) is 54.8. The standard InChI is InChI=1S/C43H53F15N8O3/c1-2-3-8-68-43(67)10-4-6-11(7-5-10)69-34-20-17(25(49)32(56)33(34)57)38-61-37-15-16(24(48)29(53)28(52)23(15)47)39(62-37)65-42-19-18(26(50)30(54)31(55)27(19)51)41(66(42)58)64-36-14-12(9-13(44)21(45)22(14)46)35(59-36)60-40(20)63-38/h4-7,12-42,59-65H,2-3,8-9H2,1H3. The van der Waals surface area contributed by atoms with Crippen LogP contribution in [0.2, 0.25) is 0 Å². The van der Waals surface area contributed by atoms with E-state index in [0.717, 1.165) is 6.42 Å². The molecule has 31 atom stereocenters. The fourth-order valence-electron chi connectivity index (χ4n) is 13.2. The highest BCUT2D eigenvalue weighted by Gasteiger charge is 2.70. The Morgan fingerprint density at radius 3 is 1.42 bits per heavy atom. The van der Waals surface area contributed by atoms with Gasteiger partial charge in [0.1, 0.15) is 55.1 Å². The fraction of sp³-hybridized carbons (Fsp3) is 0.837. The van der Waals surface area contributed by atoms with E-state index < -0.39 is 202 Å². The van der Waals surface area contributed by atoms with Crippen molar-refractivity contribution in [3.8, 4) is 5.75 Å². The molecule has 1 aromatic carbocycles. The number of hydrogen-bond donors (Lipinski definition) is 7. The van der Waals surface area contributed by atoms with Gasteiger partial charge in [0.05, 0.1) is 61.5 Å². The molecule has 5 heterocycles. The molecule has 11 nitrogen and oxygen atoms in total. The Morgan fingerprint density at radius 1 is 0.507 bits per heavy atom. The minimum Gasteiger partial charge on any atom is -0.487 e. The van der Waals surface area contributed by atoms with Gasteiger partial charge in [0, 0.05) is 41.4 Å². The molecule has 0 amide bonds. The summed E-state index contributed by atoms with van der Waals surface area (Å²) in [6.07, 6.45) is -56.9. The lowest BCUT2D eigenvalue weighted by molar-refractivity contribution is -0.103. The maximum Gasteiger partial charge on any atom is 0.338 e. The van der Waals surface area contributed by atoms with Crippen LogP contribution in [-0.4, -0.2) is 160 Å². The lowest BCUT2D eigenvalue weighted by Gasteiger charge is -2.44. The van der Waals surface area contributed by atoms with Gasteiger partial charge in [0.25, 0.3) is 0 Å². The number of fused-ring (bicyclic) bond motifs is 20. The Bertz CT molecular complexity index is 2000. The molecule has 0 aromatic heterocycles. The summed E-state index contributed by atoms with van der Waals surface area (Å²) in [6, 6.07) is 5.00. The van der Waals surface area contributed by atoms with Crippen LogP contribution in [0.25, 0.3) is 0 Å². The van der Waals surface area contributed by atoms with Gasteiger partial charge in [0.2, 0.25) is 0 Å². The first-order valence-electron chi connectivity index (χ1n) is 23.5. The molecule has 4 aliphatic carbocycles. The molecule has 31 unspecified atom stereocenters. The van der Waals surface area contributed by atoms with E-state index in [1.165, 1.54) is 24.3 Å². The number of unbranched alkanes of at least 4 members (excludes halogenated alkanes) is 1. The van der Waals surface area contributed by atoms with Crippen LogP contribution in [0.3, 0.4) is 0 Å². The molecule has 8 bridgehead atoms. The molecule has 5 saturated heterocycles. The number of ether oxygens (including phenoxy) is 2. The molecule has 0 radical (unpaired) electrons. The van der Waals surface area contributed by atoms with Crippen LogP contribution in [0.15, 0.2) is 24.3 Å². The Hall–Kier alpha value is -2.88. The largest absolute Gasteiger partial charge is 0.487 e. The predicted octanol–water partition coefficient (Wildman–Crippen LogP) is 4.49. The zero-order valence-corrected chi connectivity index (χ0v) is 36.4. The molecule has 7 N–H and O–H groups in total. The van der Waals surface area contributed by atoms with E-state index in [1.807, 2.05) is 6.92 Å². The van der Waals surface area contributed by atoms with Gasteiger partial charge in [-0.1, -0.05) is 13.3 Å². The van der Waals surface area contributed by atoms with Crippen molar-refractivity contribution in [3.63, 3.8) is 0 Å². The van der Waals surface area contributed by atoms with Gasteiger partial charge in [-0.3, -0.25) is 37.2 Å². The van der Waals surface area contributed by atoms with E-state index in [9.17, 15) is 4.79 Å². The minimum atomic E-state index is -3.19. The number of carbonyl (C=O) groups excluding carboxylic acids is 1. The maximum absolute atomic E-state index is 17.0. The SMILES string of the molecule is CCCCOC(=O)c1ccc(OC2C(F)C(F)C(F)C3C4NC5NC(NC6C7C(F)C(F)C(F)C(F)C7C(NC7NC(NC(N4)C23)C2CC(F)C(F)C(F)C72)N6F)C2C(F)C(F)C(F)C(F)C52)cc1. The molecule has 9 aliphatic rings. The first-order chi connectivity index (χ1) is 32.8. The molecule has 69 heavy (non-hydrogen) atoms. The Morgan fingerprint density at radius 2 is 0.913 bits per heavy atom. The van der Waals surface area contributed by atoms with Crippen molar-refractivity contribution in [2.75, 3.05) is 6.61 Å². The number of rotatable bonds is 6. The van der Waals surface area contributed by atoms with Gasteiger partial charge >= 0.3 is 5.97 Å². The van der Waals surface area contributed by atoms with E-state index in [1.54, 1.807) is 0 Å². The van der Waals surface area contributed by atoms with Crippen LogP contribution in [0.1, 0.15) is 36.5 Å². The molecule has 26 heteroatoms. The summed E-state index contributed by atoms with van der Waals surface area (Å²) in [4.78, 5) is 12.6. The van der Waals surface area contributed by atoms with E-state index in [4.69, 9.17) is 9.47 Å². The van der Waals surface area contributed by atoms with Crippen molar-refractivity contribution in [1.82, 2.24) is 42.3 Å². The molecule has 5 aliphatic heterocycles. The van der Waals surface area contributed by atoms with Crippen LogP contribution >= 0.6 is 0 Å². The van der Waals surface area contributed by atoms with Crippen molar-refractivity contribution in [2.24, 2.45) is 47.3 Å². The number of alkyl halides is 14. The predicted molar refractivity (Wildman–Crippen MR) is 212 cm³/mol. The zero-order chi connectivity index (χ0) is 49.2. The first kappa shape index (κ1) is 49.7. The van der Waals surface area contributed by atoms with Gasteiger partial charge in [0.15, 0.2) is 43.2 Å². The average molecular weight is 1010 g/mol. The minimum absolute atomic E-state index is 0.0598. The highest BCUT2D eigenvalue weighted by Crippen LogP contribution is 2.52. The third-order valence-corrected chi connectivity index (χ3v) is 16.5. The van der Waals surface area contributed by atoms with Crippen molar-refractivity contribution in [2.45, 2.75) is 168 Å². The topological polar surface area (TPSA) is 123 Å². The molecule has 4 saturated carbocycles. The van der Waals surface area contributed by atoms with Crippen LogP contribution in [0.4, 0.5) is 65.9 Å². The monoisotopic (exact) mass is 1010 g/mol. The molecular weight excluding hydrogens is 961 g/mol. The Balaban J connectivity index is 1.06. The number of nitrogens with zero attached hydrogens (tertiary/aromatic N) is 1. The molecular formula is C43H53F15N8O3. The van der Waals surface area contributed by atoms with Crippen LogP contribution in [0.5, 0.6) is 5.75 Å². The summed E-state index contributed by atoms with van der Waals surface area (Å²) in [5.41, 5.74) is 0.0598. The quantitative estimate of drug-likeness (QED) is 0.0946. The van der Waals surface area contributed by atoms with Gasteiger partial charge < -0.3 is 9.47 Å². The van der Waals surface area contributed by atoms with E-state index >= 15 is 65.9 Å². The molecule has 9 fully saturated rings. The molecule has 388 valence electrons. The van der Waals surface area contributed by atoms with Crippen LogP contribution in [-0.2, 0) is 4.74 Å². The highest BCUT2D eigenvalue weighted by molar-refractivity contribution is 5.89. The highest BCUT2D eigenvalue weighted by atomic mass is 19.2. The van der Waals surface area contributed by atoms with Gasteiger partial charge in [-0.25, -0.2) is 66.3 Å². The van der Waals surface area contributed by atoms with Gasteiger partial charge in [-0.2, -0.15) is 0 Å². The Labute approximate surface area is 385 Å². The number of nitrogens with one attached hydrogen (secondary N) is 7. The second-order valence-electron chi connectivity index (χ2n) is 20.1. The van der Waals surface area contributed by atoms with Crippen molar-refractivity contribution < 1.29 is 80.2 Å². The van der Waals surface area contributed by atoms with E-state index in [2.05, 4.69) is 37.2 Å². The fourth-order valence-corrected chi connectivity index (χ4v) is 13.2. The average Bonchev–Trinajstić information content (AvgIpc) is 4.05. The van der Waals surface area contributed by atoms with E-state index in [0.29, 0.717) is 6.42 Å². The van der Waals surface area contributed by atoms with Crippen LogP contribution < -0.4 is 42.0 Å². The van der Waals surface area contributed by atoms with Crippen LogP contribution in [0, 0.1) is 47.3 Å². The lowest BCUT2D eigenvalue weighted by Crippen LogP contribution is -2.63. The summed E-state index contributed by atoms with van der Waals surface area (Å²) >= 11 is 0. The third-order valence-electron chi connectivity index (χ3n) is 16.5. The number of halogens is 15. The van der Waals surface area contributed by atoms with Crippen molar-refractivity contribution in [1.29, 1.82) is 0 Å². The number of esters is 1. The Kier molecular flexibility index (Phi) is 13.6. The second kappa shape index (κ2) is 18.9. The number of carbonyl (C=O) groups is 1. The number of hydrogen-bond acceptors (Lipinski definition) is 11. The zero-order valence-electron chi connectivity index (χ0n) is 36.4. The molecule has 0 spiro atoms. The molecule has 1 aromatic rings. The summed E-state index contributed by atoms with van der Waals surface area (Å²) in [7, 11) is 0. The van der Waals surface area contributed by atoms with Gasteiger partial charge in [-0.05, 0) is 43.0 Å². The summed E-state index contributed by atoms with van der Waals surface area (Å²) in [5, 5.41) is 18.8. The summed E-state index contributed by atoms with van der Waals surface area (Å²) in [6.45, 7) is 2.00. The third kappa shape index (κ3) is 8.00. The smallest absolute Gasteiger partial charge is 0.338 e. The van der Waals surface area contributed by atoms with Crippen molar-refractivity contribution in [3.05, 3.63) is 29.8 Å². The second-order valence-corrected chi connectivity index (χ2v) is 20.1. The van der Waals surface area contributed by atoms with E-state index in [-0.39, 0.29) is 23.0 Å². The van der Waals surface area contributed by atoms with Gasteiger partial charge in [-0.15, -0.1) is 9.60 Å². The van der Waals surface area contributed by atoms with Crippen molar-refractivity contribution >= 4 is 5.97 Å².